The van der Waals surface area contributed by atoms with Crippen LogP contribution in [0, 0.1) is 13.8 Å². The van der Waals surface area contributed by atoms with Gasteiger partial charge in [-0.05, 0) is 25.8 Å². The van der Waals surface area contributed by atoms with Gasteiger partial charge in [-0.15, -0.1) is 0 Å². The van der Waals surface area contributed by atoms with Crippen LogP contribution in [0.15, 0.2) is 24.9 Å². The third-order valence-corrected chi connectivity index (χ3v) is 4.90. The molecule has 0 aliphatic heterocycles. The maximum Gasteiger partial charge on any atom is 0.342 e. The molecule has 0 fully saturated rings. The van der Waals surface area contributed by atoms with E-state index in [0.29, 0.717) is 12.0 Å². The SMILES string of the molecule is CCCCn1c(N)c(N(CCOC)C(=O)COC(=O)c2c(C)cc(=O)oc2C)c(=O)[nH]c1=O. The van der Waals surface area contributed by atoms with Crippen molar-refractivity contribution in [2.75, 3.05) is 37.5 Å². The predicted molar refractivity (Wildman–Crippen MR) is 120 cm³/mol. The molecule has 0 aromatic carbocycles. The number of H-pyrrole nitrogens is 1. The summed E-state index contributed by atoms with van der Waals surface area (Å²) < 4.78 is 16.2. The van der Waals surface area contributed by atoms with Crippen LogP contribution in [0.5, 0.6) is 0 Å². The number of anilines is 2. The maximum absolute atomic E-state index is 12.9. The summed E-state index contributed by atoms with van der Waals surface area (Å²) in [6.07, 6.45) is 1.41. The smallest absolute Gasteiger partial charge is 0.342 e. The molecule has 1 amide bonds. The molecule has 2 rings (SSSR count). The van der Waals surface area contributed by atoms with Gasteiger partial charge in [0, 0.05) is 26.3 Å². The molecule has 0 saturated carbocycles. The summed E-state index contributed by atoms with van der Waals surface area (Å²) in [5.74, 6) is -1.75. The highest BCUT2D eigenvalue weighted by Crippen LogP contribution is 2.18. The second kappa shape index (κ2) is 11.3. The van der Waals surface area contributed by atoms with Gasteiger partial charge in [0.1, 0.15) is 17.1 Å². The number of hydrogen-bond donors (Lipinski definition) is 2. The van der Waals surface area contributed by atoms with Gasteiger partial charge in [-0.3, -0.25) is 24.0 Å². The van der Waals surface area contributed by atoms with Crippen LogP contribution in [-0.4, -0.2) is 48.3 Å². The lowest BCUT2D eigenvalue weighted by Gasteiger charge is -2.24. The number of carbonyl (C=O) groups is 2. The van der Waals surface area contributed by atoms with Crippen LogP contribution in [0.4, 0.5) is 11.5 Å². The van der Waals surface area contributed by atoms with Gasteiger partial charge in [-0.2, -0.15) is 0 Å². The fraction of sp³-hybridized carbons (Fsp3) is 0.476. The molecule has 0 saturated heterocycles. The standard InChI is InChI=1S/C21H28N4O8/c1-5-6-7-25-18(22)17(19(28)23-21(25)30)24(8-9-31-4)14(26)11-32-20(29)16-12(2)10-15(27)33-13(16)3/h10H,5-9,11,22H2,1-4H3,(H,23,28,30). The molecule has 0 bridgehead atoms. The number of ether oxygens (including phenoxy) is 2. The molecule has 3 N–H and O–H groups in total. The first-order chi connectivity index (χ1) is 15.6. The normalized spacial score (nSPS) is 10.8. The number of nitrogens with two attached hydrogens (primary N) is 1. The molecule has 0 atom stereocenters. The molecule has 33 heavy (non-hydrogen) atoms. The molecule has 12 nitrogen and oxygen atoms in total. The molecule has 180 valence electrons. The Bertz CT molecular complexity index is 1170. The van der Waals surface area contributed by atoms with Crippen molar-refractivity contribution in [1.82, 2.24) is 9.55 Å². The van der Waals surface area contributed by atoms with E-state index in [9.17, 15) is 24.0 Å². The van der Waals surface area contributed by atoms with Crippen molar-refractivity contribution in [3.63, 3.8) is 0 Å². The summed E-state index contributed by atoms with van der Waals surface area (Å²) in [6, 6.07) is 1.14. The van der Waals surface area contributed by atoms with E-state index in [2.05, 4.69) is 4.98 Å². The second-order valence-corrected chi connectivity index (χ2v) is 7.29. The number of aryl methyl sites for hydroxylation is 2. The Kier molecular flexibility index (Phi) is 8.74. The third-order valence-electron chi connectivity index (χ3n) is 4.90. The Hall–Kier alpha value is -3.67. The lowest BCUT2D eigenvalue weighted by molar-refractivity contribution is -0.121. The van der Waals surface area contributed by atoms with Gasteiger partial charge in [0.25, 0.3) is 11.5 Å². The van der Waals surface area contributed by atoms with Crippen LogP contribution in [0.25, 0.3) is 0 Å². The van der Waals surface area contributed by atoms with E-state index >= 15 is 0 Å². The minimum absolute atomic E-state index is 0.0244. The zero-order valence-electron chi connectivity index (χ0n) is 19.1. The van der Waals surface area contributed by atoms with E-state index in [1.54, 1.807) is 0 Å². The maximum atomic E-state index is 12.9. The highest BCUT2D eigenvalue weighted by molar-refractivity contribution is 5.99. The van der Waals surface area contributed by atoms with Gasteiger partial charge in [-0.1, -0.05) is 13.3 Å². The number of aromatic nitrogens is 2. The highest BCUT2D eigenvalue weighted by Gasteiger charge is 2.26. The van der Waals surface area contributed by atoms with E-state index in [0.717, 1.165) is 17.4 Å². The summed E-state index contributed by atoms with van der Waals surface area (Å²) in [7, 11) is 1.41. The van der Waals surface area contributed by atoms with Crippen molar-refractivity contribution in [2.24, 2.45) is 0 Å². The lowest BCUT2D eigenvalue weighted by Crippen LogP contribution is -2.44. The molecule has 0 spiro atoms. The zero-order chi connectivity index (χ0) is 24.7. The van der Waals surface area contributed by atoms with Crippen molar-refractivity contribution in [1.29, 1.82) is 0 Å². The third kappa shape index (κ3) is 5.98. The monoisotopic (exact) mass is 464 g/mol. The Morgan fingerprint density at radius 3 is 2.55 bits per heavy atom. The van der Waals surface area contributed by atoms with Crippen LogP contribution in [0.1, 0.15) is 41.4 Å². The first-order valence-corrected chi connectivity index (χ1v) is 10.3. The number of unbranched alkanes of at least 4 members (excludes halogenated alkanes) is 1. The second-order valence-electron chi connectivity index (χ2n) is 7.29. The van der Waals surface area contributed by atoms with Crippen LogP contribution >= 0.6 is 0 Å². The van der Waals surface area contributed by atoms with Gasteiger partial charge in [-0.25, -0.2) is 14.4 Å². The molecule has 2 aromatic rings. The summed E-state index contributed by atoms with van der Waals surface area (Å²) >= 11 is 0. The molecule has 0 unspecified atom stereocenters. The largest absolute Gasteiger partial charge is 0.452 e. The number of nitrogens with zero attached hydrogens (tertiary/aromatic N) is 2. The molecular weight excluding hydrogens is 436 g/mol. The van der Waals surface area contributed by atoms with Gasteiger partial charge in [0.15, 0.2) is 12.3 Å². The summed E-state index contributed by atoms with van der Waals surface area (Å²) in [5.41, 5.74) is 4.07. The number of aromatic amines is 1. The Balaban J connectivity index is 2.35. The minimum atomic E-state index is -0.872. The fourth-order valence-corrected chi connectivity index (χ4v) is 3.26. The van der Waals surface area contributed by atoms with E-state index in [-0.39, 0.29) is 42.5 Å². The van der Waals surface area contributed by atoms with Gasteiger partial charge in [0.2, 0.25) is 0 Å². The Morgan fingerprint density at radius 2 is 1.94 bits per heavy atom. The molecule has 0 aliphatic carbocycles. The number of methoxy groups -OCH3 is 1. The van der Waals surface area contributed by atoms with Crippen LogP contribution in [0.2, 0.25) is 0 Å². The number of hydrogen-bond acceptors (Lipinski definition) is 9. The summed E-state index contributed by atoms with van der Waals surface area (Å²) in [6.45, 7) is 4.39. The van der Waals surface area contributed by atoms with Gasteiger partial charge >= 0.3 is 17.3 Å². The lowest BCUT2D eigenvalue weighted by atomic mass is 10.1. The van der Waals surface area contributed by atoms with Crippen molar-refractivity contribution >= 4 is 23.4 Å². The molecule has 2 heterocycles. The number of nitrogen functional groups attached to an aromatic ring is 1. The molecule has 0 aliphatic rings. The molecular formula is C21H28N4O8. The van der Waals surface area contributed by atoms with E-state index < -0.39 is 35.4 Å². The van der Waals surface area contributed by atoms with Crippen molar-refractivity contribution < 1.29 is 23.5 Å². The first-order valence-electron chi connectivity index (χ1n) is 10.3. The Morgan fingerprint density at radius 1 is 1.24 bits per heavy atom. The van der Waals surface area contributed by atoms with E-state index in [4.69, 9.17) is 19.6 Å². The minimum Gasteiger partial charge on any atom is -0.452 e. The predicted octanol–water partition coefficient (Wildman–Crippen LogP) is 0.325. The average Bonchev–Trinajstić information content (AvgIpc) is 2.73. The van der Waals surface area contributed by atoms with E-state index in [1.807, 2.05) is 6.92 Å². The first kappa shape index (κ1) is 25.6. The number of carbonyl (C=O) groups excluding carboxylic acids is 2. The van der Waals surface area contributed by atoms with Crippen LogP contribution in [0.3, 0.4) is 0 Å². The van der Waals surface area contributed by atoms with Gasteiger partial charge < -0.3 is 19.6 Å². The Labute approximate surface area is 188 Å². The molecule has 0 radical (unpaired) electrons. The fourth-order valence-electron chi connectivity index (χ4n) is 3.26. The quantitative estimate of drug-likeness (QED) is 0.471. The summed E-state index contributed by atoms with van der Waals surface area (Å²) in [5, 5.41) is 0. The molecule has 12 heteroatoms. The van der Waals surface area contributed by atoms with Crippen LogP contribution < -0.4 is 27.5 Å². The van der Waals surface area contributed by atoms with Gasteiger partial charge in [0.05, 0.1) is 6.61 Å². The zero-order valence-corrected chi connectivity index (χ0v) is 19.1. The van der Waals surface area contributed by atoms with Crippen LogP contribution in [-0.2, 0) is 20.8 Å². The number of nitrogens with one attached hydrogen (secondary N) is 1. The van der Waals surface area contributed by atoms with Crippen molar-refractivity contribution in [3.05, 3.63) is 54.2 Å². The number of amides is 1. The summed E-state index contributed by atoms with van der Waals surface area (Å²) in [4.78, 5) is 64.8. The number of rotatable bonds is 10. The highest BCUT2D eigenvalue weighted by atomic mass is 16.5. The van der Waals surface area contributed by atoms with Crippen molar-refractivity contribution in [2.45, 2.75) is 40.2 Å². The van der Waals surface area contributed by atoms with Crippen molar-refractivity contribution in [3.8, 4) is 0 Å². The number of esters is 1. The average molecular weight is 464 g/mol. The topological polar surface area (TPSA) is 167 Å². The molecule has 2 aromatic heterocycles. The van der Waals surface area contributed by atoms with E-state index in [1.165, 1.54) is 25.5 Å².